The molecule has 2 heterocycles. The van der Waals surface area contributed by atoms with Crippen LogP contribution in [0.4, 0.5) is 0 Å². The van der Waals surface area contributed by atoms with Crippen LogP contribution in [0, 0.1) is 5.41 Å². The summed E-state index contributed by atoms with van der Waals surface area (Å²) in [7, 11) is 0. The van der Waals surface area contributed by atoms with Crippen LogP contribution in [0.2, 0.25) is 0 Å². The summed E-state index contributed by atoms with van der Waals surface area (Å²) in [6.45, 7) is 14.8. The molecule has 2 unspecified atom stereocenters. The molecule has 0 aromatic carbocycles. The fourth-order valence-electron chi connectivity index (χ4n) is 3.27. The minimum atomic E-state index is 0.171. The Morgan fingerprint density at radius 2 is 1.95 bits per heavy atom. The smallest absolute Gasteiger partial charge is 0.234 e. The zero-order valence-corrected chi connectivity index (χ0v) is 14.0. The zero-order valence-electron chi connectivity index (χ0n) is 14.0. The summed E-state index contributed by atoms with van der Waals surface area (Å²) in [5, 5.41) is 6.52. The van der Waals surface area contributed by atoms with E-state index in [-0.39, 0.29) is 11.9 Å². The third-order valence-corrected chi connectivity index (χ3v) is 4.91. The van der Waals surface area contributed by atoms with Crippen molar-refractivity contribution in [3.05, 3.63) is 0 Å². The molecule has 0 aliphatic carbocycles. The molecule has 2 N–H and O–H groups in total. The summed E-state index contributed by atoms with van der Waals surface area (Å²) in [4.78, 5) is 16.8. The summed E-state index contributed by atoms with van der Waals surface area (Å²) in [5.74, 6) is 0.171. The molecule has 0 bridgehead atoms. The van der Waals surface area contributed by atoms with E-state index in [1.165, 1.54) is 13.0 Å². The van der Waals surface area contributed by atoms with Crippen LogP contribution in [0.1, 0.15) is 33.6 Å². The fourth-order valence-corrected chi connectivity index (χ4v) is 3.27. The quantitative estimate of drug-likeness (QED) is 0.750. The number of carbonyl (C=O) groups is 1. The predicted molar refractivity (Wildman–Crippen MR) is 86.4 cm³/mol. The SMILES string of the molecule is CCC(C)NC(=O)CN1CCN(CC2(C)CCNC2)CC1. The lowest BCUT2D eigenvalue weighted by molar-refractivity contribution is -0.123. The molecule has 122 valence electrons. The van der Waals surface area contributed by atoms with Gasteiger partial charge in [-0.2, -0.15) is 0 Å². The summed E-state index contributed by atoms with van der Waals surface area (Å²) in [6, 6.07) is 0.286. The second-order valence-electron chi connectivity index (χ2n) is 7.17. The van der Waals surface area contributed by atoms with Gasteiger partial charge >= 0.3 is 0 Å². The number of rotatable bonds is 6. The monoisotopic (exact) mass is 296 g/mol. The van der Waals surface area contributed by atoms with Crippen LogP contribution in [0.3, 0.4) is 0 Å². The highest BCUT2D eigenvalue weighted by atomic mass is 16.2. The van der Waals surface area contributed by atoms with Gasteiger partial charge in [0.25, 0.3) is 0 Å². The largest absolute Gasteiger partial charge is 0.353 e. The van der Waals surface area contributed by atoms with Gasteiger partial charge in [0.1, 0.15) is 0 Å². The molecule has 0 saturated carbocycles. The lowest BCUT2D eigenvalue weighted by atomic mass is 9.89. The first-order valence-corrected chi connectivity index (χ1v) is 8.45. The maximum Gasteiger partial charge on any atom is 0.234 e. The van der Waals surface area contributed by atoms with Gasteiger partial charge in [-0.15, -0.1) is 0 Å². The number of nitrogens with one attached hydrogen (secondary N) is 2. The highest BCUT2D eigenvalue weighted by Gasteiger charge is 2.31. The van der Waals surface area contributed by atoms with Crippen molar-refractivity contribution in [1.29, 1.82) is 0 Å². The topological polar surface area (TPSA) is 47.6 Å². The third-order valence-electron chi connectivity index (χ3n) is 4.91. The van der Waals surface area contributed by atoms with Crippen molar-refractivity contribution in [3.63, 3.8) is 0 Å². The molecule has 2 rings (SSSR count). The van der Waals surface area contributed by atoms with Crippen LogP contribution in [0.15, 0.2) is 0 Å². The molecule has 2 atom stereocenters. The first-order chi connectivity index (χ1) is 10.0. The Kier molecular flexibility index (Phi) is 6.02. The highest BCUT2D eigenvalue weighted by molar-refractivity contribution is 5.78. The molecule has 21 heavy (non-hydrogen) atoms. The molecule has 0 radical (unpaired) electrons. The van der Waals surface area contributed by atoms with E-state index in [2.05, 4.69) is 41.2 Å². The van der Waals surface area contributed by atoms with Crippen molar-refractivity contribution in [2.45, 2.75) is 39.7 Å². The van der Waals surface area contributed by atoms with Crippen LogP contribution in [-0.2, 0) is 4.79 Å². The summed E-state index contributed by atoms with van der Waals surface area (Å²) in [5.41, 5.74) is 0.441. The van der Waals surface area contributed by atoms with Crippen molar-refractivity contribution in [3.8, 4) is 0 Å². The lowest BCUT2D eigenvalue weighted by Crippen LogP contribution is -2.52. The molecule has 0 spiro atoms. The van der Waals surface area contributed by atoms with Gasteiger partial charge in [-0.3, -0.25) is 9.69 Å². The number of hydrogen-bond donors (Lipinski definition) is 2. The van der Waals surface area contributed by atoms with Gasteiger partial charge in [0.05, 0.1) is 6.54 Å². The Balaban J connectivity index is 1.67. The van der Waals surface area contributed by atoms with E-state index >= 15 is 0 Å². The predicted octanol–water partition coefficient (Wildman–Crippen LogP) is 0.518. The van der Waals surface area contributed by atoms with E-state index in [1.807, 2.05) is 0 Å². The molecule has 2 aliphatic heterocycles. The minimum absolute atomic E-state index is 0.171. The normalized spacial score (nSPS) is 29.5. The molecular formula is C16H32N4O. The lowest BCUT2D eigenvalue weighted by Gasteiger charge is -2.38. The van der Waals surface area contributed by atoms with Crippen molar-refractivity contribution in [2.24, 2.45) is 5.41 Å². The molecule has 2 saturated heterocycles. The standard InChI is InChI=1S/C16H32N4O/c1-4-14(2)18-15(21)11-19-7-9-20(10-8-19)13-16(3)5-6-17-12-16/h14,17H,4-13H2,1-3H3,(H,18,21). The van der Waals surface area contributed by atoms with E-state index in [1.54, 1.807) is 0 Å². The number of nitrogens with zero attached hydrogens (tertiary/aromatic N) is 2. The third kappa shape index (κ3) is 5.24. The number of piperazine rings is 1. The van der Waals surface area contributed by atoms with E-state index in [4.69, 9.17) is 0 Å². The van der Waals surface area contributed by atoms with Crippen molar-refractivity contribution in [1.82, 2.24) is 20.4 Å². The Hall–Kier alpha value is -0.650. The second kappa shape index (κ2) is 7.56. The molecular weight excluding hydrogens is 264 g/mol. The van der Waals surface area contributed by atoms with Crippen molar-refractivity contribution < 1.29 is 4.79 Å². The maximum absolute atomic E-state index is 11.9. The van der Waals surface area contributed by atoms with E-state index in [0.717, 1.165) is 45.7 Å². The molecule has 0 aromatic heterocycles. The summed E-state index contributed by atoms with van der Waals surface area (Å²) >= 11 is 0. The molecule has 5 nitrogen and oxygen atoms in total. The van der Waals surface area contributed by atoms with Gasteiger partial charge in [-0.1, -0.05) is 13.8 Å². The zero-order chi connectivity index (χ0) is 15.3. The second-order valence-corrected chi connectivity index (χ2v) is 7.17. The molecule has 2 fully saturated rings. The number of carbonyl (C=O) groups excluding carboxylic acids is 1. The van der Waals surface area contributed by atoms with Crippen molar-refractivity contribution >= 4 is 5.91 Å². The Bertz CT molecular complexity index is 333. The minimum Gasteiger partial charge on any atom is -0.353 e. The molecule has 2 aliphatic rings. The van der Waals surface area contributed by atoms with Gasteiger partial charge in [0.15, 0.2) is 0 Å². The highest BCUT2D eigenvalue weighted by Crippen LogP contribution is 2.26. The van der Waals surface area contributed by atoms with Gasteiger partial charge in [0, 0.05) is 45.3 Å². The van der Waals surface area contributed by atoms with E-state index in [9.17, 15) is 4.79 Å². The van der Waals surface area contributed by atoms with Gasteiger partial charge in [0.2, 0.25) is 5.91 Å². The van der Waals surface area contributed by atoms with Gasteiger partial charge in [-0.25, -0.2) is 0 Å². The molecule has 5 heteroatoms. The fraction of sp³-hybridized carbons (Fsp3) is 0.938. The Morgan fingerprint density at radius 1 is 1.29 bits per heavy atom. The van der Waals surface area contributed by atoms with Gasteiger partial charge in [-0.05, 0) is 31.7 Å². The summed E-state index contributed by atoms with van der Waals surface area (Å²) < 4.78 is 0. The molecule has 1 amide bonds. The first kappa shape index (κ1) is 16.7. The number of amides is 1. The van der Waals surface area contributed by atoms with Crippen LogP contribution >= 0.6 is 0 Å². The Labute approximate surface area is 129 Å². The van der Waals surface area contributed by atoms with Crippen LogP contribution in [0.25, 0.3) is 0 Å². The van der Waals surface area contributed by atoms with Gasteiger partial charge < -0.3 is 15.5 Å². The summed E-state index contributed by atoms with van der Waals surface area (Å²) in [6.07, 6.45) is 2.27. The number of hydrogen-bond acceptors (Lipinski definition) is 4. The van der Waals surface area contributed by atoms with Crippen molar-refractivity contribution in [2.75, 3.05) is 52.4 Å². The Morgan fingerprint density at radius 3 is 2.52 bits per heavy atom. The van der Waals surface area contributed by atoms with E-state index in [0.29, 0.717) is 12.0 Å². The van der Waals surface area contributed by atoms with Crippen LogP contribution < -0.4 is 10.6 Å². The average molecular weight is 296 g/mol. The van der Waals surface area contributed by atoms with Crippen LogP contribution in [-0.4, -0.2) is 74.1 Å². The maximum atomic E-state index is 11.9. The first-order valence-electron chi connectivity index (χ1n) is 8.45. The van der Waals surface area contributed by atoms with E-state index < -0.39 is 0 Å². The average Bonchev–Trinajstić information content (AvgIpc) is 2.87. The molecule has 0 aromatic rings. The van der Waals surface area contributed by atoms with Crippen LogP contribution in [0.5, 0.6) is 0 Å².